The number of ether oxygens (including phenoxy) is 1. The Bertz CT molecular complexity index is 463. The molecule has 0 amide bonds. The minimum atomic E-state index is -3.81. The number of rotatable bonds is 6. The molecule has 0 aromatic heterocycles. The molecule has 0 spiro atoms. The summed E-state index contributed by atoms with van der Waals surface area (Å²) in [5.74, 6) is 0.232. The summed E-state index contributed by atoms with van der Waals surface area (Å²) in [4.78, 5) is 0. The highest BCUT2D eigenvalue weighted by molar-refractivity contribution is 7.85. The van der Waals surface area contributed by atoms with Crippen LogP contribution in [-0.2, 0) is 21.5 Å². The van der Waals surface area contributed by atoms with Crippen molar-refractivity contribution in [3.05, 3.63) is 35.9 Å². The fraction of sp³-hybridized carbons (Fsp3) is 0.538. The summed E-state index contributed by atoms with van der Waals surface area (Å²) in [5.41, 5.74) is 1.15. The average molecular weight is 270 g/mol. The molecule has 0 aliphatic heterocycles. The fourth-order valence-electron chi connectivity index (χ4n) is 2.15. The zero-order valence-electron chi connectivity index (χ0n) is 10.2. The lowest BCUT2D eigenvalue weighted by molar-refractivity contribution is -0.0407. The summed E-state index contributed by atoms with van der Waals surface area (Å²) in [6.45, 7) is 0.608. The molecule has 0 saturated heterocycles. The first-order chi connectivity index (χ1) is 8.53. The van der Waals surface area contributed by atoms with Crippen LogP contribution in [0.3, 0.4) is 0 Å². The van der Waals surface area contributed by atoms with E-state index in [1.54, 1.807) is 0 Å². The Labute approximate surface area is 108 Å². The molecule has 0 radical (unpaired) electrons. The number of hydrogen-bond donors (Lipinski definition) is 1. The molecule has 1 aliphatic carbocycles. The highest BCUT2D eigenvalue weighted by Gasteiger charge is 2.30. The lowest BCUT2D eigenvalue weighted by Crippen LogP contribution is -2.32. The van der Waals surface area contributed by atoms with Gasteiger partial charge in [-0.1, -0.05) is 30.3 Å². The Hall–Kier alpha value is -0.910. The van der Waals surface area contributed by atoms with E-state index in [0.717, 1.165) is 18.4 Å². The third kappa shape index (κ3) is 4.40. The van der Waals surface area contributed by atoms with E-state index in [0.29, 0.717) is 18.9 Å². The van der Waals surface area contributed by atoms with Gasteiger partial charge in [0.05, 0.1) is 18.5 Å². The van der Waals surface area contributed by atoms with Crippen LogP contribution >= 0.6 is 0 Å². The first kappa shape index (κ1) is 13.5. The van der Waals surface area contributed by atoms with Crippen LogP contribution in [0.15, 0.2) is 30.3 Å². The average Bonchev–Trinajstić information content (AvgIpc) is 2.26. The summed E-state index contributed by atoms with van der Waals surface area (Å²) in [7, 11) is -3.81. The molecule has 0 bridgehead atoms. The molecule has 2 rings (SSSR count). The molecule has 1 saturated carbocycles. The van der Waals surface area contributed by atoms with Gasteiger partial charge in [0.2, 0.25) is 0 Å². The summed E-state index contributed by atoms with van der Waals surface area (Å²) in [5, 5.41) is 0. The molecule has 1 N–H and O–H groups in total. The van der Waals surface area contributed by atoms with Gasteiger partial charge in [0, 0.05) is 0 Å². The predicted octanol–water partition coefficient (Wildman–Crippen LogP) is 2.26. The van der Waals surface area contributed by atoms with Crippen molar-refractivity contribution in [1.82, 2.24) is 0 Å². The monoisotopic (exact) mass is 270 g/mol. The van der Waals surface area contributed by atoms with Gasteiger partial charge in [-0.25, -0.2) is 0 Å². The van der Waals surface area contributed by atoms with E-state index in [4.69, 9.17) is 9.29 Å². The van der Waals surface area contributed by atoms with E-state index in [-0.39, 0.29) is 11.9 Å². The molecule has 1 aromatic carbocycles. The summed E-state index contributed by atoms with van der Waals surface area (Å²) >= 11 is 0. The largest absolute Gasteiger partial charge is 0.374 e. The van der Waals surface area contributed by atoms with E-state index in [1.165, 1.54) is 0 Å². The first-order valence-corrected chi connectivity index (χ1v) is 7.74. The van der Waals surface area contributed by atoms with Crippen molar-refractivity contribution < 1.29 is 17.7 Å². The van der Waals surface area contributed by atoms with Gasteiger partial charge in [-0.2, -0.15) is 8.42 Å². The minimum Gasteiger partial charge on any atom is -0.374 e. The summed E-state index contributed by atoms with van der Waals surface area (Å²) in [6.07, 6.45) is 2.55. The first-order valence-electron chi connectivity index (χ1n) is 6.13. The van der Waals surface area contributed by atoms with Gasteiger partial charge in [0.25, 0.3) is 10.1 Å². The standard InChI is InChI=1S/C13H18O4S/c14-18(15,16)7-6-12-8-13(9-12)17-10-11-4-2-1-3-5-11/h1-5,12-13H,6-10H2,(H,14,15,16). The van der Waals surface area contributed by atoms with Gasteiger partial charge in [-0.05, 0) is 30.7 Å². The van der Waals surface area contributed by atoms with E-state index in [9.17, 15) is 8.42 Å². The number of hydrogen-bond acceptors (Lipinski definition) is 3. The van der Waals surface area contributed by atoms with E-state index < -0.39 is 10.1 Å². The molecular formula is C13H18O4S. The van der Waals surface area contributed by atoms with E-state index >= 15 is 0 Å². The van der Waals surface area contributed by atoms with Crippen molar-refractivity contribution in [2.24, 2.45) is 5.92 Å². The number of benzene rings is 1. The molecule has 5 heteroatoms. The Morgan fingerprint density at radius 2 is 1.89 bits per heavy atom. The van der Waals surface area contributed by atoms with Crippen LogP contribution in [-0.4, -0.2) is 24.8 Å². The van der Waals surface area contributed by atoms with E-state index in [2.05, 4.69) is 0 Å². The normalized spacial score (nSPS) is 23.6. The third-order valence-electron chi connectivity index (χ3n) is 3.31. The quantitative estimate of drug-likeness (QED) is 0.805. The molecule has 100 valence electrons. The summed E-state index contributed by atoms with van der Waals surface area (Å²) in [6, 6.07) is 9.98. The molecule has 1 aliphatic rings. The van der Waals surface area contributed by atoms with Gasteiger partial charge < -0.3 is 4.74 Å². The Morgan fingerprint density at radius 3 is 2.50 bits per heavy atom. The molecule has 1 aromatic rings. The Morgan fingerprint density at radius 1 is 1.22 bits per heavy atom. The van der Waals surface area contributed by atoms with Crippen LogP contribution in [0.1, 0.15) is 24.8 Å². The second-order valence-corrected chi connectivity index (χ2v) is 6.40. The molecule has 18 heavy (non-hydrogen) atoms. The van der Waals surface area contributed by atoms with Crippen LogP contribution in [0.5, 0.6) is 0 Å². The Balaban J connectivity index is 1.62. The van der Waals surface area contributed by atoms with Crippen LogP contribution in [0.2, 0.25) is 0 Å². The predicted molar refractivity (Wildman–Crippen MR) is 68.8 cm³/mol. The molecule has 4 nitrogen and oxygen atoms in total. The molecular weight excluding hydrogens is 252 g/mol. The van der Waals surface area contributed by atoms with Crippen molar-refractivity contribution >= 4 is 10.1 Å². The fourth-order valence-corrected chi connectivity index (χ4v) is 2.78. The third-order valence-corrected chi connectivity index (χ3v) is 4.06. The van der Waals surface area contributed by atoms with Crippen molar-refractivity contribution in [1.29, 1.82) is 0 Å². The van der Waals surface area contributed by atoms with Gasteiger partial charge >= 0.3 is 0 Å². The van der Waals surface area contributed by atoms with Crippen molar-refractivity contribution in [2.75, 3.05) is 5.75 Å². The SMILES string of the molecule is O=S(=O)(O)CCC1CC(OCc2ccccc2)C1. The van der Waals surface area contributed by atoms with Crippen molar-refractivity contribution in [3.8, 4) is 0 Å². The smallest absolute Gasteiger partial charge is 0.264 e. The second-order valence-electron chi connectivity index (χ2n) is 4.83. The van der Waals surface area contributed by atoms with Gasteiger partial charge in [-0.3, -0.25) is 4.55 Å². The molecule has 0 heterocycles. The van der Waals surface area contributed by atoms with Crippen LogP contribution in [0, 0.1) is 5.92 Å². The zero-order chi connectivity index (χ0) is 13.0. The maximum absolute atomic E-state index is 10.6. The zero-order valence-corrected chi connectivity index (χ0v) is 11.0. The van der Waals surface area contributed by atoms with Crippen LogP contribution < -0.4 is 0 Å². The highest BCUT2D eigenvalue weighted by Crippen LogP contribution is 2.33. The van der Waals surface area contributed by atoms with Crippen molar-refractivity contribution in [2.45, 2.75) is 32.0 Å². The Kier molecular flexibility index (Phi) is 4.37. The van der Waals surface area contributed by atoms with Gasteiger partial charge in [0.15, 0.2) is 0 Å². The van der Waals surface area contributed by atoms with Gasteiger partial charge in [-0.15, -0.1) is 0 Å². The van der Waals surface area contributed by atoms with Crippen LogP contribution in [0.4, 0.5) is 0 Å². The topological polar surface area (TPSA) is 63.6 Å². The molecule has 1 fully saturated rings. The maximum atomic E-state index is 10.6. The molecule has 0 unspecified atom stereocenters. The highest BCUT2D eigenvalue weighted by atomic mass is 32.2. The molecule has 0 atom stereocenters. The summed E-state index contributed by atoms with van der Waals surface area (Å²) < 4.78 is 35.5. The van der Waals surface area contributed by atoms with Crippen LogP contribution in [0.25, 0.3) is 0 Å². The minimum absolute atomic E-state index is 0.136. The van der Waals surface area contributed by atoms with E-state index in [1.807, 2.05) is 30.3 Å². The van der Waals surface area contributed by atoms with Gasteiger partial charge in [0.1, 0.15) is 0 Å². The maximum Gasteiger partial charge on any atom is 0.264 e. The lowest BCUT2D eigenvalue weighted by atomic mass is 9.80. The lowest BCUT2D eigenvalue weighted by Gasteiger charge is -2.35. The van der Waals surface area contributed by atoms with Crippen molar-refractivity contribution in [3.63, 3.8) is 0 Å². The second kappa shape index (κ2) is 5.82.